The van der Waals surface area contributed by atoms with Crippen LogP contribution in [-0.2, 0) is 39.8 Å². The smallest absolute Gasteiger partial charge is 0.456 e. The van der Waals surface area contributed by atoms with Gasteiger partial charge in [0, 0.05) is 0 Å². The maximum absolute atomic E-state index is 12.8. The molecule has 0 saturated carbocycles. The first-order chi connectivity index (χ1) is 19.6. The lowest BCUT2D eigenvalue weighted by Gasteiger charge is -2.44. The van der Waals surface area contributed by atoms with Crippen molar-refractivity contribution < 1.29 is 43.1 Å². The summed E-state index contributed by atoms with van der Waals surface area (Å²) in [6.45, 7) is 10.6. The number of ether oxygens (including phenoxy) is 6. The number of esters is 1. The van der Waals surface area contributed by atoms with Crippen LogP contribution in [0.3, 0.4) is 0 Å². The molecule has 1 aliphatic rings. The van der Waals surface area contributed by atoms with Crippen molar-refractivity contribution in [2.75, 3.05) is 19.2 Å². The van der Waals surface area contributed by atoms with Gasteiger partial charge in [-0.05, 0) is 38.5 Å². The Hall–Kier alpha value is -1.85. The van der Waals surface area contributed by atoms with Crippen LogP contribution >= 0.6 is 11.8 Å². The molecule has 1 aliphatic heterocycles. The molecule has 5 atom stereocenters. The number of benzene rings is 1. The second-order valence-electron chi connectivity index (χ2n) is 11.6. The fraction of sp³-hybridized carbons (Fsp3) is 0.742. The maximum atomic E-state index is 12.8. The second kappa shape index (κ2) is 18.6. The van der Waals surface area contributed by atoms with Crippen LogP contribution in [0.15, 0.2) is 30.3 Å². The number of aliphatic hydroxyl groups excluding tert-OH is 1. The Morgan fingerprint density at radius 1 is 0.976 bits per heavy atom. The summed E-state index contributed by atoms with van der Waals surface area (Å²) < 4.78 is 35.1. The van der Waals surface area contributed by atoms with Crippen LogP contribution in [0.5, 0.6) is 0 Å². The summed E-state index contributed by atoms with van der Waals surface area (Å²) in [4.78, 5) is 25.5. The molecule has 0 unspecified atom stereocenters. The van der Waals surface area contributed by atoms with Gasteiger partial charge in [0.25, 0.3) is 0 Å². The van der Waals surface area contributed by atoms with E-state index < -0.39 is 60.1 Å². The van der Waals surface area contributed by atoms with E-state index in [1.54, 1.807) is 34.6 Å². The summed E-state index contributed by atoms with van der Waals surface area (Å²) in [5, 5.41) is 10.2. The predicted octanol–water partition coefficient (Wildman–Crippen LogP) is 6.24. The number of aliphatic hydroxyl groups is 1. The summed E-state index contributed by atoms with van der Waals surface area (Å²) in [7, 11) is 0. The Labute approximate surface area is 249 Å². The third-order valence-corrected chi connectivity index (χ3v) is 7.58. The summed E-state index contributed by atoms with van der Waals surface area (Å²) in [6.07, 6.45) is 2.10. The van der Waals surface area contributed by atoms with Crippen molar-refractivity contribution >= 4 is 23.9 Å². The minimum absolute atomic E-state index is 0.156. The Balaban J connectivity index is 2.23. The molecular weight excluding hydrogens is 548 g/mol. The Morgan fingerprint density at radius 2 is 1.66 bits per heavy atom. The summed E-state index contributed by atoms with van der Waals surface area (Å²) >= 11 is 1.49. The van der Waals surface area contributed by atoms with Crippen molar-refractivity contribution in [3.63, 3.8) is 0 Å². The van der Waals surface area contributed by atoms with Crippen LogP contribution in [0.1, 0.15) is 85.6 Å². The average Bonchev–Trinajstić information content (AvgIpc) is 2.91. The van der Waals surface area contributed by atoms with E-state index in [1.807, 2.05) is 30.3 Å². The van der Waals surface area contributed by atoms with Crippen LogP contribution < -0.4 is 0 Å². The van der Waals surface area contributed by atoms with E-state index in [-0.39, 0.29) is 6.79 Å². The summed E-state index contributed by atoms with van der Waals surface area (Å²) in [6, 6.07) is 9.63. The third-order valence-electron chi connectivity index (χ3n) is 6.35. The van der Waals surface area contributed by atoms with Gasteiger partial charge >= 0.3 is 12.1 Å². The normalized spacial score (nSPS) is 22.9. The predicted molar refractivity (Wildman–Crippen MR) is 158 cm³/mol. The molecule has 1 N–H and O–H groups in total. The second-order valence-corrected chi connectivity index (χ2v) is 12.8. The van der Waals surface area contributed by atoms with Crippen molar-refractivity contribution in [2.45, 2.75) is 122 Å². The van der Waals surface area contributed by atoms with E-state index in [0.29, 0.717) is 6.61 Å². The van der Waals surface area contributed by atoms with Gasteiger partial charge in [-0.1, -0.05) is 83.2 Å². The molecule has 2 rings (SSSR count). The van der Waals surface area contributed by atoms with Crippen molar-refractivity contribution in [2.24, 2.45) is 5.92 Å². The molecule has 0 radical (unpaired) electrons. The summed E-state index contributed by atoms with van der Waals surface area (Å²) in [5.41, 5.74) is -0.489. The lowest BCUT2D eigenvalue weighted by molar-refractivity contribution is -0.253. The highest BCUT2D eigenvalue weighted by molar-refractivity contribution is 7.99. The van der Waals surface area contributed by atoms with Crippen molar-refractivity contribution in [1.82, 2.24) is 0 Å². The quantitative estimate of drug-likeness (QED) is 0.126. The van der Waals surface area contributed by atoms with Gasteiger partial charge in [0.2, 0.25) is 0 Å². The molecule has 1 fully saturated rings. The zero-order valence-electron chi connectivity index (χ0n) is 25.5. The molecule has 234 valence electrons. The number of unbranched alkanes of at least 4 members (excludes halogenated alkanes) is 5. The minimum atomic E-state index is -1.03. The first-order valence-electron chi connectivity index (χ1n) is 14.8. The number of rotatable bonds is 17. The van der Waals surface area contributed by atoms with Gasteiger partial charge in [-0.25, -0.2) is 4.79 Å². The molecule has 41 heavy (non-hydrogen) atoms. The Kier molecular flexibility index (Phi) is 16.1. The number of hydrogen-bond acceptors (Lipinski definition) is 10. The minimum Gasteiger partial charge on any atom is -0.456 e. The van der Waals surface area contributed by atoms with Crippen LogP contribution in [0.25, 0.3) is 0 Å². The zero-order chi connectivity index (χ0) is 30.3. The number of hydrogen-bond donors (Lipinski definition) is 1. The molecule has 0 aromatic heterocycles. The van der Waals surface area contributed by atoms with Crippen LogP contribution in [0.4, 0.5) is 4.79 Å². The molecule has 0 spiro atoms. The van der Waals surface area contributed by atoms with E-state index in [1.165, 1.54) is 31.0 Å². The first-order valence-corrected chi connectivity index (χ1v) is 15.8. The molecule has 1 aromatic rings. The molecule has 1 heterocycles. The lowest BCUT2D eigenvalue weighted by Crippen LogP contribution is -2.61. The largest absolute Gasteiger partial charge is 0.509 e. The summed E-state index contributed by atoms with van der Waals surface area (Å²) in [5.74, 6) is -0.143. The number of carbonyl (C=O) groups excluding carboxylic acids is 2. The van der Waals surface area contributed by atoms with Crippen molar-refractivity contribution in [3.8, 4) is 0 Å². The number of thioether (sulfide) groups is 1. The standard InChI is InChI=1S/C31H50O9S/c1-7-8-9-10-11-15-18-41-29-27(39-30(34)40-31(4,5)6)26(36-21-35-20-23-16-13-12-14-17-23)25(24(19-32)37-29)38-28(33)22(2)3/h12-14,16-17,22,24-27,29,32H,7-11,15,18-21H2,1-6H3/t24-,25-,26+,27-,29+/m1/s1. The maximum Gasteiger partial charge on any atom is 0.509 e. The van der Waals surface area contributed by atoms with Crippen LogP contribution in [0.2, 0.25) is 0 Å². The van der Waals surface area contributed by atoms with Crippen LogP contribution in [0, 0.1) is 5.92 Å². The van der Waals surface area contributed by atoms with E-state index in [9.17, 15) is 14.7 Å². The van der Waals surface area contributed by atoms with E-state index in [2.05, 4.69) is 6.92 Å². The van der Waals surface area contributed by atoms with Gasteiger partial charge < -0.3 is 33.5 Å². The third kappa shape index (κ3) is 13.3. The highest BCUT2D eigenvalue weighted by Crippen LogP contribution is 2.35. The molecule has 0 amide bonds. The SMILES string of the molecule is CCCCCCCCS[C@@H]1O[C@H](CO)[C@@H](OC(=O)C(C)C)[C@H](OCOCc2ccccc2)[C@H]1OC(=O)OC(C)(C)C. The zero-order valence-corrected chi connectivity index (χ0v) is 26.4. The fourth-order valence-electron chi connectivity index (χ4n) is 4.21. The Bertz CT molecular complexity index is 874. The van der Waals surface area contributed by atoms with E-state index in [0.717, 1.165) is 30.6 Å². The highest BCUT2D eigenvalue weighted by atomic mass is 32.2. The van der Waals surface area contributed by atoms with E-state index >= 15 is 0 Å². The monoisotopic (exact) mass is 598 g/mol. The van der Waals surface area contributed by atoms with Gasteiger partial charge in [-0.3, -0.25) is 4.79 Å². The van der Waals surface area contributed by atoms with Crippen molar-refractivity contribution in [1.29, 1.82) is 0 Å². The van der Waals surface area contributed by atoms with Crippen molar-refractivity contribution in [3.05, 3.63) is 35.9 Å². The van der Waals surface area contributed by atoms with Gasteiger partial charge in [0.1, 0.15) is 30.0 Å². The molecule has 1 aromatic carbocycles. The van der Waals surface area contributed by atoms with Gasteiger partial charge in [0.15, 0.2) is 12.2 Å². The van der Waals surface area contributed by atoms with Crippen LogP contribution in [-0.4, -0.2) is 71.8 Å². The topological polar surface area (TPSA) is 110 Å². The molecular formula is C31H50O9S. The molecule has 0 aliphatic carbocycles. The fourth-order valence-corrected chi connectivity index (χ4v) is 5.44. The van der Waals surface area contributed by atoms with Gasteiger partial charge in [0.05, 0.1) is 19.1 Å². The molecule has 1 saturated heterocycles. The molecule has 10 heteroatoms. The highest BCUT2D eigenvalue weighted by Gasteiger charge is 2.51. The first kappa shape index (κ1) is 35.3. The number of carbonyl (C=O) groups is 2. The molecule has 9 nitrogen and oxygen atoms in total. The molecule has 0 bridgehead atoms. The Morgan fingerprint density at radius 3 is 2.29 bits per heavy atom. The average molecular weight is 599 g/mol. The van der Waals surface area contributed by atoms with E-state index in [4.69, 9.17) is 28.4 Å². The van der Waals surface area contributed by atoms with Gasteiger partial charge in [-0.2, -0.15) is 0 Å². The van der Waals surface area contributed by atoms with Gasteiger partial charge in [-0.15, -0.1) is 11.8 Å². The lowest BCUT2D eigenvalue weighted by atomic mass is 9.99.